The van der Waals surface area contributed by atoms with Crippen LogP contribution in [0, 0.1) is 11.7 Å². The third-order valence-corrected chi connectivity index (χ3v) is 2.65. The lowest BCUT2D eigenvalue weighted by atomic mass is 10.1. The van der Waals surface area contributed by atoms with Crippen molar-refractivity contribution in [1.82, 2.24) is 5.32 Å². The zero-order valence-corrected chi connectivity index (χ0v) is 11.6. The summed E-state index contributed by atoms with van der Waals surface area (Å²) in [5.74, 6) is 0.221. The molecule has 0 fully saturated rings. The van der Waals surface area contributed by atoms with Gasteiger partial charge in [-0.3, -0.25) is 4.79 Å². The maximum atomic E-state index is 13.2. The van der Waals surface area contributed by atoms with Gasteiger partial charge in [-0.05, 0) is 24.5 Å². The molecule has 1 aromatic rings. The molecule has 106 valence electrons. The second-order valence-electron chi connectivity index (χ2n) is 4.74. The molecule has 0 aromatic heterocycles. The summed E-state index contributed by atoms with van der Waals surface area (Å²) in [5.41, 5.74) is 0.650. The van der Waals surface area contributed by atoms with Gasteiger partial charge < -0.3 is 15.4 Å². The van der Waals surface area contributed by atoms with Gasteiger partial charge in [0.25, 0.3) is 0 Å². The molecule has 0 aliphatic heterocycles. The molecule has 0 unspecified atom stereocenters. The van der Waals surface area contributed by atoms with Crippen molar-refractivity contribution >= 4 is 11.6 Å². The lowest BCUT2D eigenvalue weighted by Gasteiger charge is -2.10. The Bertz CT molecular complexity index is 422. The normalized spacial score (nSPS) is 10.4. The van der Waals surface area contributed by atoms with Crippen molar-refractivity contribution in [2.45, 2.75) is 20.3 Å². The van der Waals surface area contributed by atoms with Crippen LogP contribution in [0.15, 0.2) is 18.2 Å². The number of anilines is 1. The number of benzene rings is 1. The molecule has 0 atom stereocenters. The Morgan fingerprint density at radius 1 is 1.42 bits per heavy atom. The first-order valence-electron chi connectivity index (χ1n) is 6.37. The fourth-order valence-electron chi connectivity index (χ4n) is 1.51. The van der Waals surface area contributed by atoms with Gasteiger partial charge in [-0.15, -0.1) is 0 Å². The highest BCUT2D eigenvalue weighted by Crippen LogP contribution is 2.21. The van der Waals surface area contributed by atoms with Crippen molar-refractivity contribution in [2.24, 2.45) is 5.92 Å². The molecule has 19 heavy (non-hydrogen) atoms. The van der Waals surface area contributed by atoms with Crippen molar-refractivity contribution in [3.63, 3.8) is 0 Å². The van der Waals surface area contributed by atoms with Crippen LogP contribution < -0.4 is 15.4 Å². The van der Waals surface area contributed by atoms with Gasteiger partial charge in [0.2, 0.25) is 5.91 Å². The van der Waals surface area contributed by atoms with E-state index in [1.807, 2.05) is 0 Å². The topological polar surface area (TPSA) is 50.4 Å². The number of carbonyl (C=O) groups excluding carboxylic acids is 1. The van der Waals surface area contributed by atoms with Crippen molar-refractivity contribution in [3.8, 4) is 5.75 Å². The van der Waals surface area contributed by atoms with Crippen LogP contribution in [-0.4, -0.2) is 26.1 Å². The number of ether oxygens (including phenoxy) is 1. The molecule has 4 nitrogen and oxygen atoms in total. The predicted molar refractivity (Wildman–Crippen MR) is 73.9 cm³/mol. The van der Waals surface area contributed by atoms with Gasteiger partial charge in [0, 0.05) is 18.3 Å². The van der Waals surface area contributed by atoms with Crippen molar-refractivity contribution < 1.29 is 13.9 Å². The van der Waals surface area contributed by atoms with E-state index in [1.165, 1.54) is 19.2 Å². The Kier molecular flexibility index (Phi) is 6.12. The average molecular weight is 268 g/mol. The van der Waals surface area contributed by atoms with Crippen molar-refractivity contribution in [3.05, 3.63) is 24.0 Å². The van der Waals surface area contributed by atoms with Crippen molar-refractivity contribution in [1.29, 1.82) is 0 Å². The maximum Gasteiger partial charge on any atom is 0.239 e. The Balaban J connectivity index is 2.37. The lowest BCUT2D eigenvalue weighted by Crippen LogP contribution is -2.31. The molecule has 1 rings (SSSR count). The van der Waals surface area contributed by atoms with E-state index < -0.39 is 5.82 Å². The second kappa shape index (κ2) is 7.61. The first-order valence-corrected chi connectivity index (χ1v) is 6.37. The molecule has 1 amide bonds. The summed E-state index contributed by atoms with van der Waals surface area (Å²) in [6.07, 6.45) is 0.954. The highest BCUT2D eigenvalue weighted by Gasteiger charge is 2.05. The average Bonchev–Trinajstić information content (AvgIpc) is 2.37. The van der Waals surface area contributed by atoms with E-state index in [0.717, 1.165) is 6.42 Å². The van der Waals surface area contributed by atoms with Gasteiger partial charge in [-0.2, -0.15) is 0 Å². The Labute approximate surface area is 113 Å². The molecule has 0 saturated heterocycles. The van der Waals surface area contributed by atoms with Crippen molar-refractivity contribution in [2.75, 3.05) is 25.5 Å². The molecular weight excluding hydrogens is 247 g/mol. The first-order chi connectivity index (χ1) is 9.02. The predicted octanol–water partition coefficient (Wildman–Crippen LogP) is 2.41. The van der Waals surface area contributed by atoms with Crippen LogP contribution in [0.2, 0.25) is 0 Å². The van der Waals surface area contributed by atoms with Crippen LogP contribution in [0.1, 0.15) is 20.3 Å². The molecule has 2 N–H and O–H groups in total. The molecule has 0 radical (unpaired) electrons. The van der Waals surface area contributed by atoms with E-state index in [1.54, 1.807) is 6.07 Å². The first kappa shape index (κ1) is 15.3. The van der Waals surface area contributed by atoms with Crippen LogP contribution in [0.5, 0.6) is 5.75 Å². The fourth-order valence-corrected chi connectivity index (χ4v) is 1.51. The summed E-state index contributed by atoms with van der Waals surface area (Å²) in [6.45, 7) is 5.04. The van der Waals surface area contributed by atoms with E-state index in [0.29, 0.717) is 18.2 Å². The van der Waals surface area contributed by atoms with E-state index in [9.17, 15) is 9.18 Å². The number of methoxy groups -OCH3 is 1. The van der Waals surface area contributed by atoms with Crippen LogP contribution in [-0.2, 0) is 4.79 Å². The third kappa shape index (κ3) is 5.59. The molecule has 0 spiro atoms. The van der Waals surface area contributed by atoms with Crippen LogP contribution >= 0.6 is 0 Å². The van der Waals surface area contributed by atoms with E-state index >= 15 is 0 Å². The van der Waals surface area contributed by atoms with Crippen LogP contribution in [0.4, 0.5) is 10.1 Å². The van der Waals surface area contributed by atoms with E-state index in [2.05, 4.69) is 24.5 Å². The second-order valence-corrected chi connectivity index (χ2v) is 4.74. The lowest BCUT2D eigenvalue weighted by molar-refractivity contribution is -0.119. The Morgan fingerprint density at radius 3 is 2.79 bits per heavy atom. The van der Waals surface area contributed by atoms with E-state index in [-0.39, 0.29) is 18.2 Å². The third-order valence-electron chi connectivity index (χ3n) is 2.65. The number of nitrogens with one attached hydrogen (secondary N) is 2. The monoisotopic (exact) mass is 268 g/mol. The summed E-state index contributed by atoms with van der Waals surface area (Å²) in [7, 11) is 1.40. The fraction of sp³-hybridized carbons (Fsp3) is 0.500. The minimum Gasteiger partial charge on any atom is -0.494 e. The van der Waals surface area contributed by atoms with Crippen LogP contribution in [0.3, 0.4) is 0 Å². The number of halogens is 1. The molecule has 0 bridgehead atoms. The minimum absolute atomic E-state index is 0.0797. The Morgan fingerprint density at radius 2 is 2.16 bits per heavy atom. The van der Waals surface area contributed by atoms with Gasteiger partial charge >= 0.3 is 0 Å². The van der Waals surface area contributed by atoms with Gasteiger partial charge in [-0.25, -0.2) is 4.39 Å². The molecule has 0 heterocycles. The molecule has 5 heteroatoms. The van der Waals surface area contributed by atoms with Gasteiger partial charge in [0.15, 0.2) is 11.6 Å². The molecule has 0 saturated carbocycles. The quantitative estimate of drug-likeness (QED) is 0.798. The summed E-state index contributed by atoms with van der Waals surface area (Å²) >= 11 is 0. The summed E-state index contributed by atoms with van der Waals surface area (Å²) < 4.78 is 18.0. The standard InChI is InChI=1S/C14H21FN2O2/c1-10(2)6-7-16-14(18)9-17-11-4-5-12(15)13(8-11)19-3/h4-5,8,10,17H,6-7,9H2,1-3H3,(H,16,18). The zero-order valence-electron chi connectivity index (χ0n) is 11.6. The largest absolute Gasteiger partial charge is 0.494 e. The molecular formula is C14H21FN2O2. The van der Waals surface area contributed by atoms with Crippen LogP contribution in [0.25, 0.3) is 0 Å². The molecule has 0 aliphatic carbocycles. The summed E-state index contributed by atoms with van der Waals surface area (Å²) in [5, 5.41) is 5.74. The number of amides is 1. The molecule has 1 aromatic carbocycles. The summed E-state index contributed by atoms with van der Waals surface area (Å²) in [6, 6.07) is 4.40. The SMILES string of the molecule is COc1cc(NCC(=O)NCCC(C)C)ccc1F. The van der Waals surface area contributed by atoms with E-state index in [4.69, 9.17) is 4.74 Å². The highest BCUT2D eigenvalue weighted by atomic mass is 19.1. The zero-order chi connectivity index (χ0) is 14.3. The van der Waals surface area contributed by atoms with Gasteiger partial charge in [0.1, 0.15) is 0 Å². The Hall–Kier alpha value is -1.78. The summed E-state index contributed by atoms with van der Waals surface area (Å²) in [4.78, 5) is 11.5. The van der Waals surface area contributed by atoms with Gasteiger partial charge in [0.05, 0.1) is 13.7 Å². The number of hydrogen-bond acceptors (Lipinski definition) is 3. The number of hydrogen-bond donors (Lipinski definition) is 2. The minimum atomic E-state index is -0.422. The number of rotatable bonds is 7. The maximum absolute atomic E-state index is 13.2. The molecule has 0 aliphatic rings. The smallest absolute Gasteiger partial charge is 0.239 e. The highest BCUT2D eigenvalue weighted by molar-refractivity contribution is 5.80. The van der Waals surface area contributed by atoms with Gasteiger partial charge in [-0.1, -0.05) is 13.8 Å². The number of carbonyl (C=O) groups is 1.